The van der Waals surface area contributed by atoms with Crippen LogP contribution in [-0.4, -0.2) is 17.2 Å². The second-order valence-electron chi connectivity index (χ2n) is 4.46. The van der Waals surface area contributed by atoms with Gasteiger partial charge in [0.2, 0.25) is 0 Å². The molecule has 0 bridgehead atoms. The van der Waals surface area contributed by atoms with Crippen LogP contribution >= 0.6 is 11.8 Å². The first-order valence-corrected chi connectivity index (χ1v) is 7.82. The Morgan fingerprint density at radius 1 is 1.21 bits per heavy atom. The van der Waals surface area contributed by atoms with E-state index < -0.39 is 0 Å². The Kier molecular flexibility index (Phi) is 7.33. The Bertz CT molecular complexity index is 410. The zero-order valence-electron chi connectivity index (χ0n) is 11.6. The predicted molar refractivity (Wildman–Crippen MR) is 82.1 cm³/mol. The maximum atomic E-state index is 10.9. The summed E-state index contributed by atoms with van der Waals surface area (Å²) in [5.41, 5.74) is 1.01. The van der Waals surface area contributed by atoms with E-state index in [1.54, 1.807) is 23.9 Å². The summed E-state index contributed by atoms with van der Waals surface area (Å²) >= 11 is 1.70. The standard InChI is InChI=1S/C14H22N2O2S/c1-3-5-6-8-19-14-10-12(15-7-4-2)9-13(11-14)16(17)18/h9-11,15H,3-8H2,1-2H3. The molecule has 106 valence electrons. The van der Waals surface area contributed by atoms with Gasteiger partial charge in [-0.05, 0) is 24.7 Å². The molecule has 19 heavy (non-hydrogen) atoms. The van der Waals surface area contributed by atoms with Crippen LogP contribution in [0.2, 0.25) is 0 Å². The van der Waals surface area contributed by atoms with Crippen LogP contribution in [-0.2, 0) is 0 Å². The largest absolute Gasteiger partial charge is 0.385 e. The lowest BCUT2D eigenvalue weighted by Crippen LogP contribution is -2.00. The summed E-state index contributed by atoms with van der Waals surface area (Å²) in [6.45, 7) is 5.08. The highest BCUT2D eigenvalue weighted by Crippen LogP contribution is 2.28. The van der Waals surface area contributed by atoms with Crippen molar-refractivity contribution < 1.29 is 4.92 Å². The molecule has 0 unspecified atom stereocenters. The van der Waals surface area contributed by atoms with Gasteiger partial charge in [0.15, 0.2) is 0 Å². The van der Waals surface area contributed by atoms with Gasteiger partial charge in [0.1, 0.15) is 0 Å². The second kappa shape index (κ2) is 8.80. The third-order valence-electron chi connectivity index (χ3n) is 2.70. The molecule has 1 aromatic rings. The molecule has 4 nitrogen and oxygen atoms in total. The zero-order valence-corrected chi connectivity index (χ0v) is 12.5. The van der Waals surface area contributed by atoms with Gasteiger partial charge in [0.05, 0.1) is 4.92 Å². The summed E-state index contributed by atoms with van der Waals surface area (Å²) in [5, 5.41) is 14.1. The SMILES string of the molecule is CCCCCSc1cc(NCCC)cc([N+](=O)[O-])c1. The molecular weight excluding hydrogens is 260 g/mol. The quantitative estimate of drug-likeness (QED) is 0.309. The second-order valence-corrected chi connectivity index (χ2v) is 5.62. The van der Waals surface area contributed by atoms with Crippen molar-refractivity contribution in [3.8, 4) is 0 Å². The average molecular weight is 282 g/mol. The van der Waals surface area contributed by atoms with Crippen molar-refractivity contribution in [1.82, 2.24) is 0 Å². The minimum absolute atomic E-state index is 0.166. The Labute approximate surface area is 119 Å². The lowest BCUT2D eigenvalue weighted by atomic mass is 10.2. The molecule has 0 aliphatic rings. The molecule has 1 N–H and O–H groups in total. The maximum Gasteiger partial charge on any atom is 0.272 e. The number of nitrogens with one attached hydrogen (secondary N) is 1. The van der Waals surface area contributed by atoms with Crippen molar-refractivity contribution in [1.29, 1.82) is 0 Å². The zero-order chi connectivity index (χ0) is 14.1. The molecule has 0 spiro atoms. The number of anilines is 1. The summed E-state index contributed by atoms with van der Waals surface area (Å²) in [7, 11) is 0. The molecule has 1 rings (SSSR count). The van der Waals surface area contributed by atoms with Crippen LogP contribution in [0.4, 0.5) is 11.4 Å². The molecule has 0 aliphatic carbocycles. The van der Waals surface area contributed by atoms with Gasteiger partial charge in [0, 0.05) is 29.3 Å². The smallest absolute Gasteiger partial charge is 0.272 e. The van der Waals surface area contributed by atoms with Crippen LogP contribution in [0, 0.1) is 10.1 Å². The Morgan fingerprint density at radius 3 is 2.63 bits per heavy atom. The number of nitro groups is 1. The fourth-order valence-corrected chi connectivity index (χ4v) is 2.68. The van der Waals surface area contributed by atoms with Crippen LogP contribution < -0.4 is 5.32 Å². The van der Waals surface area contributed by atoms with E-state index in [0.717, 1.165) is 35.7 Å². The summed E-state index contributed by atoms with van der Waals surface area (Å²) in [4.78, 5) is 11.6. The highest BCUT2D eigenvalue weighted by atomic mass is 32.2. The minimum Gasteiger partial charge on any atom is -0.385 e. The fourth-order valence-electron chi connectivity index (χ4n) is 1.69. The molecule has 0 atom stereocenters. The van der Waals surface area contributed by atoms with Crippen LogP contribution in [0.15, 0.2) is 23.1 Å². The summed E-state index contributed by atoms with van der Waals surface area (Å²) in [5.74, 6) is 1.02. The van der Waals surface area contributed by atoms with E-state index >= 15 is 0 Å². The van der Waals surface area contributed by atoms with Crippen molar-refractivity contribution in [3.05, 3.63) is 28.3 Å². The highest BCUT2D eigenvalue weighted by Gasteiger charge is 2.09. The summed E-state index contributed by atoms with van der Waals surface area (Å²) < 4.78 is 0. The summed E-state index contributed by atoms with van der Waals surface area (Å²) in [6.07, 6.45) is 4.56. The third kappa shape index (κ3) is 5.96. The van der Waals surface area contributed by atoms with Gasteiger partial charge in [-0.3, -0.25) is 10.1 Å². The number of unbranched alkanes of at least 4 members (excludes halogenated alkanes) is 2. The first kappa shape index (κ1) is 15.8. The van der Waals surface area contributed by atoms with Crippen molar-refractivity contribution in [3.63, 3.8) is 0 Å². The molecule has 0 amide bonds. The van der Waals surface area contributed by atoms with E-state index in [9.17, 15) is 10.1 Å². The Hall–Kier alpha value is -1.23. The highest BCUT2D eigenvalue weighted by molar-refractivity contribution is 7.99. The van der Waals surface area contributed by atoms with Gasteiger partial charge >= 0.3 is 0 Å². The number of hydrogen-bond donors (Lipinski definition) is 1. The first-order valence-electron chi connectivity index (χ1n) is 6.83. The average Bonchev–Trinajstić information content (AvgIpc) is 2.41. The fraction of sp³-hybridized carbons (Fsp3) is 0.571. The number of non-ortho nitro benzene ring substituents is 1. The van der Waals surface area contributed by atoms with Crippen LogP contribution in [0.1, 0.15) is 39.5 Å². The van der Waals surface area contributed by atoms with E-state index in [1.165, 1.54) is 12.8 Å². The lowest BCUT2D eigenvalue weighted by Gasteiger charge is -2.07. The molecular formula is C14H22N2O2S. The topological polar surface area (TPSA) is 55.2 Å². The number of nitro benzene ring substituents is 1. The van der Waals surface area contributed by atoms with Gasteiger partial charge in [0.25, 0.3) is 5.69 Å². The molecule has 0 fully saturated rings. The van der Waals surface area contributed by atoms with E-state index in [1.807, 2.05) is 6.07 Å². The van der Waals surface area contributed by atoms with Crippen LogP contribution in [0.3, 0.4) is 0 Å². The van der Waals surface area contributed by atoms with Gasteiger partial charge in [-0.15, -0.1) is 11.8 Å². The Balaban J connectivity index is 2.72. The molecule has 0 aromatic heterocycles. The van der Waals surface area contributed by atoms with Crippen molar-refractivity contribution in [2.45, 2.75) is 44.4 Å². The van der Waals surface area contributed by atoms with Gasteiger partial charge in [-0.2, -0.15) is 0 Å². The lowest BCUT2D eigenvalue weighted by molar-refractivity contribution is -0.385. The van der Waals surface area contributed by atoms with E-state index in [2.05, 4.69) is 19.2 Å². The van der Waals surface area contributed by atoms with Crippen molar-refractivity contribution >= 4 is 23.1 Å². The predicted octanol–water partition coefficient (Wildman–Crippen LogP) is 4.70. The number of rotatable bonds is 9. The molecule has 0 aliphatic heterocycles. The van der Waals surface area contributed by atoms with E-state index in [-0.39, 0.29) is 10.6 Å². The van der Waals surface area contributed by atoms with Crippen molar-refractivity contribution in [2.24, 2.45) is 0 Å². The number of benzene rings is 1. The van der Waals surface area contributed by atoms with E-state index in [4.69, 9.17) is 0 Å². The normalized spacial score (nSPS) is 10.4. The van der Waals surface area contributed by atoms with Crippen molar-refractivity contribution in [2.75, 3.05) is 17.6 Å². The molecule has 1 aromatic carbocycles. The molecule has 0 saturated carbocycles. The maximum absolute atomic E-state index is 10.9. The minimum atomic E-state index is -0.326. The van der Waals surface area contributed by atoms with E-state index in [0.29, 0.717) is 0 Å². The molecule has 0 radical (unpaired) electrons. The monoisotopic (exact) mass is 282 g/mol. The molecule has 0 saturated heterocycles. The Morgan fingerprint density at radius 2 is 2.00 bits per heavy atom. The third-order valence-corrected chi connectivity index (χ3v) is 3.76. The number of thioether (sulfide) groups is 1. The molecule has 5 heteroatoms. The van der Waals surface area contributed by atoms with Gasteiger partial charge in [-0.1, -0.05) is 26.7 Å². The number of hydrogen-bond acceptors (Lipinski definition) is 4. The van der Waals surface area contributed by atoms with Crippen LogP contribution in [0.25, 0.3) is 0 Å². The van der Waals surface area contributed by atoms with Gasteiger partial charge < -0.3 is 5.32 Å². The molecule has 0 heterocycles. The van der Waals surface area contributed by atoms with Gasteiger partial charge in [-0.25, -0.2) is 0 Å². The summed E-state index contributed by atoms with van der Waals surface area (Å²) in [6, 6.07) is 5.26. The first-order chi connectivity index (χ1) is 9.17. The van der Waals surface area contributed by atoms with Crippen LogP contribution in [0.5, 0.6) is 0 Å². The number of nitrogens with zero attached hydrogens (tertiary/aromatic N) is 1.